The number of hydrogen-bond acceptors (Lipinski definition) is 6. The molecule has 40 heavy (non-hydrogen) atoms. The summed E-state index contributed by atoms with van der Waals surface area (Å²) < 4.78 is 50.0. The molecule has 1 aliphatic rings. The van der Waals surface area contributed by atoms with E-state index < -0.39 is 35.3 Å². The summed E-state index contributed by atoms with van der Waals surface area (Å²) in [6, 6.07) is 14.0. The number of nitrogens with one attached hydrogen (secondary N) is 1. The van der Waals surface area contributed by atoms with Gasteiger partial charge in [-0.1, -0.05) is 41.4 Å². The lowest BCUT2D eigenvalue weighted by Crippen LogP contribution is -2.36. The minimum absolute atomic E-state index is 0.0587. The predicted molar refractivity (Wildman–Crippen MR) is 147 cm³/mol. The van der Waals surface area contributed by atoms with E-state index in [2.05, 4.69) is 5.32 Å². The van der Waals surface area contributed by atoms with E-state index in [1.165, 1.54) is 19.3 Å². The second-order valence-corrected chi connectivity index (χ2v) is 10.1. The summed E-state index contributed by atoms with van der Waals surface area (Å²) in [5.74, 6) is -0.750. The van der Waals surface area contributed by atoms with Gasteiger partial charge in [-0.05, 0) is 71.4 Å². The fourth-order valence-electron chi connectivity index (χ4n) is 3.59. The number of carbonyl (C=O) groups excluding carboxylic acids is 3. The Hall–Kier alpha value is -3.67. The molecule has 4 rings (SSSR count). The lowest BCUT2D eigenvalue weighted by Gasteiger charge is -2.13. The van der Waals surface area contributed by atoms with Crippen LogP contribution in [0, 0.1) is 0 Å². The molecule has 0 radical (unpaired) electrons. The number of imide groups is 1. The third-order valence-corrected chi connectivity index (χ3v) is 7.16. The number of carbonyl (C=O) groups is 3. The molecule has 3 aromatic carbocycles. The van der Waals surface area contributed by atoms with Crippen molar-refractivity contribution in [1.29, 1.82) is 0 Å². The summed E-state index contributed by atoms with van der Waals surface area (Å²) in [6.45, 7) is -0.475. The van der Waals surface area contributed by atoms with Gasteiger partial charge in [0.2, 0.25) is 5.91 Å². The largest absolute Gasteiger partial charge is 0.493 e. The van der Waals surface area contributed by atoms with Crippen LogP contribution >= 0.6 is 35.0 Å². The van der Waals surface area contributed by atoms with Crippen LogP contribution in [0.2, 0.25) is 10.0 Å². The third kappa shape index (κ3) is 7.09. The molecule has 1 heterocycles. The van der Waals surface area contributed by atoms with Crippen LogP contribution in [0.5, 0.6) is 11.5 Å². The van der Waals surface area contributed by atoms with Gasteiger partial charge in [0, 0.05) is 5.69 Å². The first-order valence-corrected chi connectivity index (χ1v) is 13.0. The molecule has 13 heteroatoms. The highest BCUT2D eigenvalue weighted by atomic mass is 35.5. The Morgan fingerprint density at radius 1 is 1.02 bits per heavy atom. The summed E-state index contributed by atoms with van der Waals surface area (Å²) in [7, 11) is 1.45. The maximum Gasteiger partial charge on any atom is 0.416 e. The molecule has 1 saturated heterocycles. The van der Waals surface area contributed by atoms with Crippen molar-refractivity contribution in [1.82, 2.24) is 4.90 Å². The fourth-order valence-corrected chi connectivity index (χ4v) is 4.75. The zero-order valence-corrected chi connectivity index (χ0v) is 22.9. The first-order valence-electron chi connectivity index (χ1n) is 11.4. The first kappa shape index (κ1) is 29.3. The number of hydrogen-bond donors (Lipinski definition) is 1. The summed E-state index contributed by atoms with van der Waals surface area (Å²) in [5, 5.41) is 2.41. The highest BCUT2D eigenvalue weighted by molar-refractivity contribution is 8.18. The Kier molecular flexibility index (Phi) is 8.97. The number of rotatable bonds is 8. The number of nitrogens with zero attached hydrogens (tertiary/aromatic N) is 1. The molecule has 0 unspecified atom stereocenters. The lowest BCUT2D eigenvalue weighted by molar-refractivity contribution is -0.137. The van der Waals surface area contributed by atoms with Gasteiger partial charge >= 0.3 is 6.18 Å². The van der Waals surface area contributed by atoms with Crippen LogP contribution in [0.1, 0.15) is 16.7 Å². The van der Waals surface area contributed by atoms with Crippen LogP contribution in [0.4, 0.5) is 23.7 Å². The number of amides is 3. The first-order chi connectivity index (χ1) is 18.9. The minimum atomic E-state index is -4.59. The second-order valence-electron chi connectivity index (χ2n) is 8.34. The number of thioether (sulfide) groups is 1. The number of anilines is 1. The van der Waals surface area contributed by atoms with Crippen molar-refractivity contribution in [2.24, 2.45) is 0 Å². The van der Waals surface area contributed by atoms with Gasteiger partial charge < -0.3 is 14.8 Å². The molecule has 208 valence electrons. The van der Waals surface area contributed by atoms with Crippen LogP contribution in [0.25, 0.3) is 6.08 Å². The fraction of sp³-hybridized carbons (Fsp3) is 0.148. The van der Waals surface area contributed by atoms with Crippen LogP contribution in [-0.2, 0) is 22.4 Å². The summed E-state index contributed by atoms with van der Waals surface area (Å²) in [5.41, 5.74) is 0.250. The Bertz CT molecular complexity index is 1510. The monoisotopic (exact) mass is 610 g/mol. The highest BCUT2D eigenvalue weighted by Gasteiger charge is 2.36. The van der Waals surface area contributed by atoms with E-state index in [1.807, 2.05) is 0 Å². The molecule has 0 aromatic heterocycles. The van der Waals surface area contributed by atoms with E-state index in [-0.39, 0.29) is 17.2 Å². The number of halogens is 5. The van der Waals surface area contributed by atoms with Crippen LogP contribution < -0.4 is 14.8 Å². The van der Waals surface area contributed by atoms with Crippen molar-refractivity contribution in [2.75, 3.05) is 19.0 Å². The van der Waals surface area contributed by atoms with Gasteiger partial charge in [-0.3, -0.25) is 19.3 Å². The number of ether oxygens (including phenoxy) is 2. The Labute approximate surface area is 240 Å². The zero-order valence-electron chi connectivity index (χ0n) is 20.6. The Morgan fingerprint density at radius 3 is 2.50 bits per heavy atom. The van der Waals surface area contributed by atoms with Crippen LogP contribution in [0.3, 0.4) is 0 Å². The highest BCUT2D eigenvalue weighted by Crippen LogP contribution is 2.35. The molecule has 0 atom stereocenters. The molecule has 1 aliphatic heterocycles. The maximum atomic E-state index is 12.9. The summed E-state index contributed by atoms with van der Waals surface area (Å²) in [6.07, 6.45) is -3.13. The van der Waals surface area contributed by atoms with Gasteiger partial charge in [0.05, 0.1) is 27.6 Å². The van der Waals surface area contributed by atoms with E-state index in [0.717, 1.165) is 23.8 Å². The third-order valence-electron chi connectivity index (χ3n) is 5.51. The van der Waals surface area contributed by atoms with Gasteiger partial charge in [-0.15, -0.1) is 0 Å². The van der Waals surface area contributed by atoms with Crippen molar-refractivity contribution in [3.8, 4) is 11.5 Å². The standard InChI is InChI=1S/C27H19Cl2F3N2O5S/c1-38-22-10-15(6-8-21(22)39-14-16-5-7-19(28)20(29)9-16)11-23-25(36)34(26(37)40-23)13-24(35)33-18-4-2-3-17(12-18)27(30,31)32/h2-12H,13-14H2,1H3,(H,33,35)/b23-11-. The van der Waals surface area contributed by atoms with Gasteiger partial charge in [0.15, 0.2) is 11.5 Å². The van der Waals surface area contributed by atoms with Crippen LogP contribution in [-0.4, -0.2) is 35.6 Å². The molecule has 3 aromatic rings. The van der Waals surface area contributed by atoms with Crippen molar-refractivity contribution in [2.45, 2.75) is 12.8 Å². The Balaban J connectivity index is 1.42. The second kappa shape index (κ2) is 12.2. The summed E-state index contributed by atoms with van der Waals surface area (Å²) in [4.78, 5) is 38.4. The SMILES string of the molecule is COc1cc(/C=C2\SC(=O)N(CC(=O)Nc3cccc(C(F)(F)F)c3)C2=O)ccc1OCc1ccc(Cl)c(Cl)c1. The lowest BCUT2D eigenvalue weighted by atomic mass is 10.1. The van der Waals surface area contributed by atoms with E-state index in [1.54, 1.807) is 36.4 Å². The average molecular weight is 611 g/mol. The molecular weight excluding hydrogens is 592 g/mol. The molecular formula is C27H19Cl2F3N2O5S. The molecule has 0 saturated carbocycles. The molecule has 0 spiro atoms. The quantitative estimate of drug-likeness (QED) is 0.270. The van der Waals surface area contributed by atoms with E-state index in [9.17, 15) is 27.6 Å². The van der Waals surface area contributed by atoms with Crippen molar-refractivity contribution < 1.29 is 37.0 Å². The topological polar surface area (TPSA) is 84.9 Å². The molecule has 1 N–H and O–H groups in total. The average Bonchev–Trinajstić information content (AvgIpc) is 3.16. The number of benzene rings is 3. The molecule has 0 bridgehead atoms. The van der Waals surface area contributed by atoms with E-state index in [4.69, 9.17) is 32.7 Å². The van der Waals surface area contributed by atoms with E-state index in [0.29, 0.717) is 43.8 Å². The van der Waals surface area contributed by atoms with Gasteiger partial charge in [0.25, 0.3) is 11.1 Å². The van der Waals surface area contributed by atoms with Gasteiger partial charge in [-0.2, -0.15) is 13.2 Å². The normalized spacial score (nSPS) is 14.6. The molecule has 7 nitrogen and oxygen atoms in total. The zero-order chi connectivity index (χ0) is 29.0. The molecule has 0 aliphatic carbocycles. The van der Waals surface area contributed by atoms with E-state index >= 15 is 0 Å². The number of methoxy groups -OCH3 is 1. The minimum Gasteiger partial charge on any atom is -0.493 e. The smallest absolute Gasteiger partial charge is 0.416 e. The van der Waals surface area contributed by atoms with Crippen molar-refractivity contribution in [3.05, 3.63) is 92.3 Å². The Morgan fingerprint density at radius 2 is 1.80 bits per heavy atom. The molecule has 3 amide bonds. The number of alkyl halides is 3. The van der Waals surface area contributed by atoms with Crippen molar-refractivity contribution in [3.63, 3.8) is 0 Å². The van der Waals surface area contributed by atoms with Crippen LogP contribution in [0.15, 0.2) is 65.6 Å². The predicted octanol–water partition coefficient (Wildman–Crippen LogP) is 7.27. The summed E-state index contributed by atoms with van der Waals surface area (Å²) >= 11 is 12.6. The molecule has 1 fully saturated rings. The van der Waals surface area contributed by atoms with Gasteiger partial charge in [-0.25, -0.2) is 0 Å². The van der Waals surface area contributed by atoms with Crippen molar-refractivity contribution >= 4 is 63.8 Å². The maximum absolute atomic E-state index is 12.9. The van der Waals surface area contributed by atoms with Gasteiger partial charge in [0.1, 0.15) is 13.2 Å².